The van der Waals surface area contributed by atoms with Crippen LogP contribution in [0.3, 0.4) is 0 Å². The summed E-state index contributed by atoms with van der Waals surface area (Å²) in [6.45, 7) is 7.94. The summed E-state index contributed by atoms with van der Waals surface area (Å²) in [7, 11) is 0. The van der Waals surface area contributed by atoms with E-state index in [9.17, 15) is 4.79 Å². The Hall–Kier alpha value is -2.13. The van der Waals surface area contributed by atoms with Crippen LogP contribution in [0.15, 0.2) is 42.5 Å². The van der Waals surface area contributed by atoms with Crippen molar-refractivity contribution in [3.8, 4) is 0 Å². The Balaban J connectivity index is 2.03. The fraction of sp³-hybridized carbons (Fsp3) is 0.278. The lowest BCUT2D eigenvalue weighted by Gasteiger charge is -2.08. The summed E-state index contributed by atoms with van der Waals surface area (Å²) in [5.74, 6) is -0.0717. The standard InChI is InChI=1S/C18H22N2O/c1-4-19-12-15-6-9-17(10-7-15)20-18(21)16-8-5-13(2)14(3)11-16/h5-11,19H,4,12H2,1-3H3,(H,20,21). The highest BCUT2D eigenvalue weighted by molar-refractivity contribution is 6.04. The van der Waals surface area contributed by atoms with Gasteiger partial charge in [0.1, 0.15) is 0 Å². The van der Waals surface area contributed by atoms with E-state index in [1.807, 2.05) is 56.3 Å². The summed E-state index contributed by atoms with van der Waals surface area (Å²) < 4.78 is 0. The number of rotatable bonds is 5. The number of hydrogen-bond acceptors (Lipinski definition) is 2. The Bertz CT molecular complexity index is 618. The average molecular weight is 282 g/mol. The highest BCUT2D eigenvalue weighted by Gasteiger charge is 2.07. The van der Waals surface area contributed by atoms with Crippen molar-refractivity contribution in [2.24, 2.45) is 0 Å². The van der Waals surface area contributed by atoms with Gasteiger partial charge in [0, 0.05) is 17.8 Å². The summed E-state index contributed by atoms with van der Waals surface area (Å²) in [5, 5.41) is 6.20. The lowest BCUT2D eigenvalue weighted by atomic mass is 10.1. The maximum Gasteiger partial charge on any atom is 0.255 e. The van der Waals surface area contributed by atoms with Crippen LogP contribution in [0.2, 0.25) is 0 Å². The van der Waals surface area contributed by atoms with Crippen LogP contribution in [0.4, 0.5) is 5.69 Å². The van der Waals surface area contributed by atoms with Crippen molar-refractivity contribution in [1.82, 2.24) is 5.32 Å². The van der Waals surface area contributed by atoms with E-state index < -0.39 is 0 Å². The first-order valence-electron chi connectivity index (χ1n) is 7.28. The van der Waals surface area contributed by atoms with Gasteiger partial charge in [-0.05, 0) is 61.3 Å². The van der Waals surface area contributed by atoms with Crippen LogP contribution in [-0.4, -0.2) is 12.5 Å². The lowest BCUT2D eigenvalue weighted by molar-refractivity contribution is 0.102. The molecule has 0 saturated heterocycles. The summed E-state index contributed by atoms with van der Waals surface area (Å²) in [4.78, 5) is 12.2. The van der Waals surface area contributed by atoms with Gasteiger partial charge in [-0.1, -0.05) is 25.1 Å². The molecular formula is C18H22N2O. The smallest absolute Gasteiger partial charge is 0.255 e. The Labute approximate surface area is 126 Å². The molecule has 0 atom stereocenters. The van der Waals surface area contributed by atoms with E-state index in [-0.39, 0.29) is 5.91 Å². The zero-order valence-corrected chi connectivity index (χ0v) is 12.9. The number of amides is 1. The first-order valence-corrected chi connectivity index (χ1v) is 7.28. The van der Waals surface area contributed by atoms with Gasteiger partial charge in [0.2, 0.25) is 0 Å². The van der Waals surface area contributed by atoms with E-state index in [4.69, 9.17) is 0 Å². The van der Waals surface area contributed by atoms with Gasteiger partial charge < -0.3 is 10.6 Å². The number of aryl methyl sites for hydroxylation is 2. The predicted octanol–water partition coefficient (Wildman–Crippen LogP) is 3.67. The summed E-state index contributed by atoms with van der Waals surface area (Å²) in [5.41, 5.74) is 5.04. The second-order valence-electron chi connectivity index (χ2n) is 5.23. The highest BCUT2D eigenvalue weighted by Crippen LogP contribution is 2.14. The molecule has 21 heavy (non-hydrogen) atoms. The van der Waals surface area contributed by atoms with Gasteiger partial charge in [-0.2, -0.15) is 0 Å². The van der Waals surface area contributed by atoms with Crippen LogP contribution in [0.25, 0.3) is 0 Å². The van der Waals surface area contributed by atoms with E-state index in [1.54, 1.807) is 0 Å². The Morgan fingerprint density at radius 1 is 1.00 bits per heavy atom. The number of nitrogens with one attached hydrogen (secondary N) is 2. The molecule has 1 amide bonds. The normalized spacial score (nSPS) is 10.4. The second kappa shape index (κ2) is 7.04. The van der Waals surface area contributed by atoms with Gasteiger partial charge >= 0.3 is 0 Å². The lowest BCUT2D eigenvalue weighted by Crippen LogP contribution is -2.13. The zero-order chi connectivity index (χ0) is 15.2. The molecule has 0 heterocycles. The molecule has 0 spiro atoms. The van der Waals surface area contributed by atoms with Gasteiger partial charge in [-0.3, -0.25) is 4.79 Å². The SMILES string of the molecule is CCNCc1ccc(NC(=O)c2ccc(C)c(C)c2)cc1. The van der Waals surface area contributed by atoms with Crippen molar-refractivity contribution < 1.29 is 4.79 Å². The number of benzene rings is 2. The average Bonchev–Trinajstić information content (AvgIpc) is 2.49. The molecule has 0 unspecified atom stereocenters. The number of carbonyl (C=O) groups excluding carboxylic acids is 1. The number of carbonyl (C=O) groups is 1. The monoisotopic (exact) mass is 282 g/mol. The Kier molecular flexibility index (Phi) is 5.12. The van der Waals surface area contributed by atoms with Crippen LogP contribution in [-0.2, 0) is 6.54 Å². The molecule has 2 rings (SSSR count). The van der Waals surface area contributed by atoms with E-state index in [0.29, 0.717) is 5.56 Å². The summed E-state index contributed by atoms with van der Waals surface area (Å²) >= 11 is 0. The minimum Gasteiger partial charge on any atom is -0.322 e. The molecule has 0 aliphatic carbocycles. The highest BCUT2D eigenvalue weighted by atomic mass is 16.1. The van der Waals surface area contributed by atoms with Crippen molar-refractivity contribution in [3.63, 3.8) is 0 Å². The third kappa shape index (κ3) is 4.17. The van der Waals surface area contributed by atoms with Crippen LogP contribution in [0, 0.1) is 13.8 Å². The fourth-order valence-corrected chi connectivity index (χ4v) is 2.06. The molecule has 0 aromatic heterocycles. The van der Waals surface area contributed by atoms with Gasteiger partial charge in [0.25, 0.3) is 5.91 Å². The molecule has 0 bridgehead atoms. The molecular weight excluding hydrogens is 260 g/mol. The maximum absolute atomic E-state index is 12.2. The van der Waals surface area contributed by atoms with Gasteiger partial charge in [-0.25, -0.2) is 0 Å². The molecule has 110 valence electrons. The van der Waals surface area contributed by atoms with Crippen LogP contribution in [0.1, 0.15) is 34.0 Å². The number of hydrogen-bond donors (Lipinski definition) is 2. The predicted molar refractivity (Wildman–Crippen MR) is 87.7 cm³/mol. The molecule has 0 fully saturated rings. The largest absolute Gasteiger partial charge is 0.322 e. The fourth-order valence-electron chi connectivity index (χ4n) is 2.06. The molecule has 2 N–H and O–H groups in total. The summed E-state index contributed by atoms with van der Waals surface area (Å²) in [6.07, 6.45) is 0. The van der Waals surface area contributed by atoms with Crippen molar-refractivity contribution >= 4 is 11.6 Å². The minimum atomic E-state index is -0.0717. The van der Waals surface area contributed by atoms with E-state index >= 15 is 0 Å². The number of anilines is 1. The molecule has 0 saturated carbocycles. The van der Waals surface area contributed by atoms with Crippen LogP contribution < -0.4 is 10.6 Å². The summed E-state index contributed by atoms with van der Waals surface area (Å²) in [6, 6.07) is 13.7. The molecule has 0 radical (unpaired) electrons. The van der Waals surface area contributed by atoms with Gasteiger partial charge in [0.05, 0.1) is 0 Å². The molecule has 2 aromatic rings. The third-order valence-electron chi connectivity index (χ3n) is 3.56. The molecule has 0 aliphatic heterocycles. The van der Waals surface area contributed by atoms with Crippen molar-refractivity contribution in [2.75, 3.05) is 11.9 Å². The van der Waals surface area contributed by atoms with Crippen LogP contribution >= 0.6 is 0 Å². The molecule has 3 heteroatoms. The van der Waals surface area contributed by atoms with Crippen molar-refractivity contribution in [3.05, 3.63) is 64.7 Å². The third-order valence-corrected chi connectivity index (χ3v) is 3.56. The van der Waals surface area contributed by atoms with Crippen molar-refractivity contribution in [1.29, 1.82) is 0 Å². The molecule has 2 aromatic carbocycles. The van der Waals surface area contributed by atoms with Crippen LogP contribution in [0.5, 0.6) is 0 Å². The topological polar surface area (TPSA) is 41.1 Å². The molecule has 3 nitrogen and oxygen atoms in total. The minimum absolute atomic E-state index is 0.0717. The Morgan fingerprint density at radius 2 is 1.71 bits per heavy atom. The second-order valence-corrected chi connectivity index (χ2v) is 5.23. The zero-order valence-electron chi connectivity index (χ0n) is 12.9. The van der Waals surface area contributed by atoms with E-state index in [2.05, 4.69) is 17.6 Å². The quantitative estimate of drug-likeness (QED) is 0.878. The maximum atomic E-state index is 12.2. The Morgan fingerprint density at radius 3 is 2.33 bits per heavy atom. The van der Waals surface area contributed by atoms with Gasteiger partial charge in [0.15, 0.2) is 0 Å². The molecule has 0 aliphatic rings. The first kappa shape index (κ1) is 15.3. The van der Waals surface area contributed by atoms with E-state index in [0.717, 1.165) is 24.3 Å². The van der Waals surface area contributed by atoms with E-state index in [1.165, 1.54) is 11.1 Å². The van der Waals surface area contributed by atoms with Crippen molar-refractivity contribution in [2.45, 2.75) is 27.3 Å². The van der Waals surface area contributed by atoms with Gasteiger partial charge in [-0.15, -0.1) is 0 Å². The first-order chi connectivity index (χ1) is 10.1.